The monoisotopic (exact) mass is 350 g/mol. The normalized spacial score (nSPS) is 11.0. The standard InChI is InChI=1S/C19H24Cl2N2/c1-3-6-14-10-16(22-18(20)12-14)8-5-9-17-11-15(7-4-2)13-19(21)23-17/h10-13H,3-9H2,1-2H3. The minimum Gasteiger partial charge on any atom is -0.241 e. The second-order valence-corrected chi connectivity index (χ2v) is 6.71. The molecule has 2 aromatic heterocycles. The molecule has 0 spiro atoms. The molecule has 2 nitrogen and oxygen atoms in total. The van der Waals surface area contributed by atoms with Crippen LogP contribution in [0.25, 0.3) is 0 Å². The molecule has 0 N–H and O–H groups in total. The highest BCUT2D eigenvalue weighted by Crippen LogP contribution is 2.17. The van der Waals surface area contributed by atoms with E-state index in [1.54, 1.807) is 0 Å². The van der Waals surface area contributed by atoms with Crippen molar-refractivity contribution in [2.24, 2.45) is 0 Å². The summed E-state index contributed by atoms with van der Waals surface area (Å²) in [6.45, 7) is 4.35. The smallest absolute Gasteiger partial charge is 0.129 e. The highest BCUT2D eigenvalue weighted by molar-refractivity contribution is 6.29. The molecule has 0 saturated carbocycles. The van der Waals surface area contributed by atoms with Gasteiger partial charge < -0.3 is 0 Å². The Morgan fingerprint density at radius 2 is 1.13 bits per heavy atom. The van der Waals surface area contributed by atoms with E-state index in [0.717, 1.165) is 56.3 Å². The van der Waals surface area contributed by atoms with Gasteiger partial charge >= 0.3 is 0 Å². The van der Waals surface area contributed by atoms with Crippen LogP contribution in [0.5, 0.6) is 0 Å². The molecule has 0 aliphatic carbocycles. The zero-order valence-electron chi connectivity index (χ0n) is 13.9. The molecule has 2 aromatic rings. The van der Waals surface area contributed by atoms with Crippen molar-refractivity contribution < 1.29 is 0 Å². The van der Waals surface area contributed by atoms with E-state index < -0.39 is 0 Å². The molecular weight excluding hydrogens is 327 g/mol. The number of aromatic nitrogens is 2. The molecule has 0 fully saturated rings. The third-order valence-electron chi connectivity index (χ3n) is 3.76. The van der Waals surface area contributed by atoms with Gasteiger partial charge in [0.25, 0.3) is 0 Å². The van der Waals surface area contributed by atoms with E-state index in [4.69, 9.17) is 23.2 Å². The quantitative estimate of drug-likeness (QED) is 0.556. The zero-order chi connectivity index (χ0) is 16.7. The topological polar surface area (TPSA) is 25.8 Å². The lowest BCUT2D eigenvalue weighted by molar-refractivity contribution is 0.774. The Morgan fingerprint density at radius 1 is 0.696 bits per heavy atom. The Labute approximate surface area is 149 Å². The maximum absolute atomic E-state index is 6.12. The summed E-state index contributed by atoms with van der Waals surface area (Å²) in [6, 6.07) is 8.26. The predicted molar refractivity (Wildman–Crippen MR) is 98.5 cm³/mol. The van der Waals surface area contributed by atoms with E-state index >= 15 is 0 Å². The maximum Gasteiger partial charge on any atom is 0.129 e. The van der Waals surface area contributed by atoms with Crippen LogP contribution in [0.3, 0.4) is 0 Å². The molecule has 0 radical (unpaired) electrons. The SMILES string of the molecule is CCCc1cc(Cl)nc(CCCc2cc(CCC)cc(Cl)n2)c1. The largest absolute Gasteiger partial charge is 0.241 e. The van der Waals surface area contributed by atoms with Crippen LogP contribution in [0.15, 0.2) is 24.3 Å². The molecule has 2 rings (SSSR count). The molecule has 0 aliphatic heterocycles. The molecule has 0 saturated heterocycles. The summed E-state index contributed by atoms with van der Waals surface area (Å²) in [5, 5.41) is 1.19. The molecule has 2 heterocycles. The summed E-state index contributed by atoms with van der Waals surface area (Å²) in [7, 11) is 0. The Bertz CT molecular complexity index is 586. The lowest BCUT2D eigenvalue weighted by Crippen LogP contribution is -1.98. The molecule has 0 aromatic carbocycles. The van der Waals surface area contributed by atoms with Crippen molar-refractivity contribution in [2.45, 2.75) is 58.8 Å². The van der Waals surface area contributed by atoms with Crippen molar-refractivity contribution in [1.29, 1.82) is 0 Å². The summed E-state index contributed by atoms with van der Waals surface area (Å²) >= 11 is 12.2. The number of pyridine rings is 2. The fourth-order valence-corrected chi connectivity index (χ4v) is 3.29. The molecular formula is C19H24Cl2N2. The van der Waals surface area contributed by atoms with Crippen LogP contribution < -0.4 is 0 Å². The van der Waals surface area contributed by atoms with Gasteiger partial charge in [0.1, 0.15) is 10.3 Å². The van der Waals surface area contributed by atoms with Gasteiger partial charge in [-0.1, -0.05) is 49.9 Å². The van der Waals surface area contributed by atoms with Gasteiger partial charge in [-0.2, -0.15) is 0 Å². The Hall–Kier alpha value is -1.12. The molecule has 0 amide bonds. The first-order valence-electron chi connectivity index (χ1n) is 8.41. The molecule has 4 heteroatoms. The number of hydrogen-bond acceptors (Lipinski definition) is 2. The highest BCUT2D eigenvalue weighted by Gasteiger charge is 2.04. The molecule has 0 atom stereocenters. The van der Waals surface area contributed by atoms with Crippen LogP contribution in [0.2, 0.25) is 10.3 Å². The minimum atomic E-state index is 0.595. The summed E-state index contributed by atoms with van der Waals surface area (Å²) in [4.78, 5) is 8.86. The van der Waals surface area contributed by atoms with Gasteiger partial charge in [-0.05, 0) is 67.5 Å². The number of halogens is 2. The van der Waals surface area contributed by atoms with E-state index in [-0.39, 0.29) is 0 Å². The first kappa shape index (κ1) is 18.2. The van der Waals surface area contributed by atoms with Crippen LogP contribution >= 0.6 is 23.2 Å². The van der Waals surface area contributed by atoms with E-state index in [9.17, 15) is 0 Å². The predicted octanol–water partition coefficient (Wildman–Crippen LogP) is 5.86. The first-order valence-corrected chi connectivity index (χ1v) is 9.17. The summed E-state index contributed by atoms with van der Waals surface area (Å²) < 4.78 is 0. The Balaban J connectivity index is 1.97. The van der Waals surface area contributed by atoms with E-state index in [2.05, 4.69) is 35.9 Å². The molecule has 124 valence electrons. The zero-order valence-corrected chi connectivity index (χ0v) is 15.4. The lowest BCUT2D eigenvalue weighted by atomic mass is 10.1. The van der Waals surface area contributed by atoms with Crippen LogP contribution in [0.4, 0.5) is 0 Å². The van der Waals surface area contributed by atoms with E-state index in [1.807, 2.05) is 12.1 Å². The van der Waals surface area contributed by atoms with Gasteiger partial charge in [0.05, 0.1) is 0 Å². The minimum absolute atomic E-state index is 0.595. The van der Waals surface area contributed by atoms with E-state index in [1.165, 1.54) is 11.1 Å². The fraction of sp³-hybridized carbons (Fsp3) is 0.474. The van der Waals surface area contributed by atoms with Gasteiger partial charge in [-0.3, -0.25) is 0 Å². The summed E-state index contributed by atoms with van der Waals surface area (Å²) in [5.74, 6) is 0. The highest BCUT2D eigenvalue weighted by atomic mass is 35.5. The number of hydrogen-bond donors (Lipinski definition) is 0. The molecule has 0 bridgehead atoms. The van der Waals surface area contributed by atoms with Crippen molar-refractivity contribution in [2.75, 3.05) is 0 Å². The van der Waals surface area contributed by atoms with Crippen LogP contribution in [-0.2, 0) is 25.7 Å². The van der Waals surface area contributed by atoms with Crippen molar-refractivity contribution >= 4 is 23.2 Å². The first-order chi connectivity index (χ1) is 11.1. The molecule has 0 unspecified atom stereocenters. The van der Waals surface area contributed by atoms with E-state index in [0.29, 0.717) is 10.3 Å². The van der Waals surface area contributed by atoms with Gasteiger partial charge in [-0.15, -0.1) is 0 Å². The van der Waals surface area contributed by atoms with Crippen molar-refractivity contribution in [1.82, 2.24) is 9.97 Å². The second-order valence-electron chi connectivity index (χ2n) is 5.93. The average Bonchev–Trinajstić information content (AvgIpc) is 2.47. The lowest BCUT2D eigenvalue weighted by Gasteiger charge is -2.07. The number of aryl methyl sites for hydroxylation is 4. The Morgan fingerprint density at radius 3 is 1.52 bits per heavy atom. The van der Waals surface area contributed by atoms with Gasteiger partial charge in [-0.25, -0.2) is 9.97 Å². The average molecular weight is 351 g/mol. The third kappa shape index (κ3) is 6.12. The molecule has 23 heavy (non-hydrogen) atoms. The summed E-state index contributed by atoms with van der Waals surface area (Å²) in [5.41, 5.74) is 4.68. The molecule has 0 aliphatic rings. The Kier molecular flexibility index (Phi) is 7.32. The van der Waals surface area contributed by atoms with Crippen molar-refractivity contribution in [3.05, 3.63) is 57.1 Å². The second kappa shape index (κ2) is 9.24. The number of rotatable bonds is 8. The fourth-order valence-electron chi connectivity index (χ4n) is 2.79. The maximum atomic E-state index is 6.12. The van der Waals surface area contributed by atoms with Gasteiger partial charge in [0.15, 0.2) is 0 Å². The van der Waals surface area contributed by atoms with Crippen LogP contribution in [0, 0.1) is 0 Å². The van der Waals surface area contributed by atoms with Crippen molar-refractivity contribution in [3.63, 3.8) is 0 Å². The van der Waals surface area contributed by atoms with Gasteiger partial charge in [0.2, 0.25) is 0 Å². The third-order valence-corrected chi connectivity index (χ3v) is 4.14. The number of nitrogens with zero attached hydrogens (tertiary/aromatic N) is 2. The van der Waals surface area contributed by atoms with Crippen LogP contribution in [-0.4, -0.2) is 9.97 Å². The van der Waals surface area contributed by atoms with Crippen molar-refractivity contribution in [3.8, 4) is 0 Å². The van der Waals surface area contributed by atoms with Crippen LogP contribution in [0.1, 0.15) is 55.6 Å². The van der Waals surface area contributed by atoms with Gasteiger partial charge in [0, 0.05) is 11.4 Å². The summed E-state index contributed by atoms with van der Waals surface area (Å²) in [6.07, 6.45) is 7.15.